The second kappa shape index (κ2) is 7.06. The van der Waals surface area contributed by atoms with Crippen molar-refractivity contribution in [3.8, 4) is 0 Å². The Morgan fingerprint density at radius 2 is 1.96 bits per heavy atom. The van der Waals surface area contributed by atoms with Crippen molar-refractivity contribution in [1.29, 1.82) is 0 Å². The third kappa shape index (κ3) is 3.74. The summed E-state index contributed by atoms with van der Waals surface area (Å²) in [6, 6.07) is -0.0341. The number of anilines is 1. The van der Waals surface area contributed by atoms with Crippen molar-refractivity contribution in [2.24, 2.45) is 0 Å². The number of aromatic nitrogens is 2. The Hall–Kier alpha value is -2.09. The zero-order valence-corrected chi connectivity index (χ0v) is 18.0. The summed E-state index contributed by atoms with van der Waals surface area (Å²) < 4.78 is 10.6. The summed E-state index contributed by atoms with van der Waals surface area (Å²) in [6.07, 6.45) is 1.40. The second-order valence-electron chi connectivity index (χ2n) is 8.69. The molecule has 2 aliphatic heterocycles. The van der Waals surface area contributed by atoms with Crippen LogP contribution in [0.3, 0.4) is 0 Å². The highest BCUT2D eigenvalue weighted by Gasteiger charge is 2.52. The van der Waals surface area contributed by atoms with Crippen LogP contribution in [-0.2, 0) is 9.47 Å². The highest BCUT2D eigenvalue weighted by molar-refractivity contribution is 6.28. The first-order valence-corrected chi connectivity index (χ1v) is 9.73. The molecule has 0 aromatic carbocycles. The first kappa shape index (κ1) is 20.6. The molecule has 3 heterocycles. The Morgan fingerprint density at radius 3 is 2.54 bits per heavy atom. The van der Waals surface area contributed by atoms with Crippen molar-refractivity contribution in [3.05, 3.63) is 16.5 Å². The molecule has 0 radical (unpaired) electrons. The lowest BCUT2D eigenvalue weighted by atomic mass is 9.97. The number of piperazine rings is 1. The van der Waals surface area contributed by atoms with Crippen LogP contribution in [0.4, 0.5) is 10.6 Å². The van der Waals surface area contributed by atoms with E-state index >= 15 is 0 Å². The van der Waals surface area contributed by atoms with E-state index in [0.717, 1.165) is 12.8 Å². The SMILES string of the molecule is COC(=O)c1c(C)nc(Cl)nc1N1C[C@H]2CC[C@@](C)(C1)N2C(=O)OC(C)(C)C. The largest absolute Gasteiger partial charge is 0.465 e. The third-order valence-electron chi connectivity index (χ3n) is 5.25. The molecule has 2 fully saturated rings. The molecule has 0 unspecified atom stereocenters. The van der Waals surface area contributed by atoms with Gasteiger partial charge in [0.05, 0.1) is 24.4 Å². The monoisotopic (exact) mass is 410 g/mol. The summed E-state index contributed by atoms with van der Waals surface area (Å²) in [5, 5.41) is 0.0761. The van der Waals surface area contributed by atoms with Crippen molar-refractivity contribution in [2.45, 2.75) is 64.6 Å². The van der Waals surface area contributed by atoms with Gasteiger partial charge in [0.25, 0.3) is 0 Å². The van der Waals surface area contributed by atoms with Gasteiger partial charge in [0.15, 0.2) is 0 Å². The van der Waals surface area contributed by atoms with Crippen LogP contribution in [-0.4, -0.2) is 64.3 Å². The van der Waals surface area contributed by atoms with Gasteiger partial charge < -0.3 is 14.4 Å². The normalized spacial score (nSPS) is 24.3. The van der Waals surface area contributed by atoms with E-state index in [1.807, 2.05) is 37.5 Å². The average molecular weight is 411 g/mol. The predicted molar refractivity (Wildman–Crippen MR) is 105 cm³/mol. The standard InChI is InChI=1S/C19H27ClN4O4/c1-11-13(15(25)27-6)14(22-16(20)21-11)23-9-12-7-8-19(5,10-23)24(12)17(26)28-18(2,3)4/h12H,7-10H2,1-6H3/t12-,19+/m1/s1. The van der Waals surface area contributed by atoms with E-state index in [-0.39, 0.29) is 17.4 Å². The van der Waals surface area contributed by atoms with Gasteiger partial charge in [0.2, 0.25) is 5.28 Å². The fourth-order valence-corrected chi connectivity index (χ4v) is 4.37. The number of methoxy groups -OCH3 is 1. The Morgan fingerprint density at radius 1 is 1.29 bits per heavy atom. The molecule has 1 aromatic heterocycles. The van der Waals surface area contributed by atoms with Gasteiger partial charge in [-0.3, -0.25) is 4.90 Å². The molecule has 28 heavy (non-hydrogen) atoms. The number of fused-ring (bicyclic) bond motifs is 2. The molecule has 0 aliphatic carbocycles. The number of nitrogens with zero attached hydrogens (tertiary/aromatic N) is 4. The van der Waals surface area contributed by atoms with Crippen molar-refractivity contribution in [3.63, 3.8) is 0 Å². The van der Waals surface area contributed by atoms with Crippen LogP contribution in [0.25, 0.3) is 0 Å². The Bertz CT molecular complexity index is 810. The Kier molecular flexibility index (Phi) is 5.20. The molecule has 2 aliphatic rings. The van der Waals surface area contributed by atoms with E-state index in [0.29, 0.717) is 30.2 Å². The minimum absolute atomic E-state index is 0.0341. The first-order valence-electron chi connectivity index (χ1n) is 9.35. The van der Waals surface area contributed by atoms with Crippen LogP contribution >= 0.6 is 11.6 Å². The quantitative estimate of drug-likeness (QED) is 0.546. The van der Waals surface area contributed by atoms with Crippen LogP contribution in [0, 0.1) is 6.92 Å². The number of esters is 1. The zero-order valence-electron chi connectivity index (χ0n) is 17.2. The van der Waals surface area contributed by atoms with Gasteiger partial charge in [-0.2, -0.15) is 4.98 Å². The van der Waals surface area contributed by atoms with Crippen LogP contribution < -0.4 is 4.90 Å². The summed E-state index contributed by atoms with van der Waals surface area (Å²) in [6.45, 7) is 10.4. The van der Waals surface area contributed by atoms with Gasteiger partial charge in [-0.05, 0) is 59.1 Å². The number of carbonyl (C=O) groups excluding carboxylic acids is 2. The number of halogens is 1. The Balaban J connectivity index is 1.94. The fourth-order valence-electron chi connectivity index (χ4n) is 4.16. The molecule has 2 saturated heterocycles. The minimum atomic E-state index is -0.556. The molecule has 1 amide bonds. The summed E-state index contributed by atoms with van der Waals surface area (Å²) in [7, 11) is 1.33. The van der Waals surface area contributed by atoms with E-state index < -0.39 is 17.1 Å². The number of hydrogen-bond acceptors (Lipinski definition) is 7. The number of amides is 1. The highest BCUT2D eigenvalue weighted by Crippen LogP contribution is 2.41. The Labute approximate surface area is 170 Å². The number of carbonyl (C=O) groups is 2. The molecule has 2 bridgehead atoms. The molecular weight excluding hydrogens is 384 g/mol. The molecule has 1 aromatic rings. The maximum Gasteiger partial charge on any atom is 0.411 e. The van der Waals surface area contributed by atoms with Gasteiger partial charge in [0.1, 0.15) is 17.0 Å². The highest BCUT2D eigenvalue weighted by atomic mass is 35.5. The molecule has 8 nitrogen and oxygen atoms in total. The average Bonchev–Trinajstić information content (AvgIpc) is 2.77. The van der Waals surface area contributed by atoms with Crippen LogP contribution in [0.1, 0.15) is 56.6 Å². The smallest absolute Gasteiger partial charge is 0.411 e. The minimum Gasteiger partial charge on any atom is -0.465 e. The van der Waals surface area contributed by atoms with Gasteiger partial charge in [-0.25, -0.2) is 14.6 Å². The summed E-state index contributed by atoms with van der Waals surface area (Å²) in [4.78, 5) is 37.4. The van der Waals surface area contributed by atoms with E-state index in [1.54, 1.807) is 6.92 Å². The first-order chi connectivity index (χ1) is 12.9. The number of rotatable bonds is 2. The number of hydrogen-bond donors (Lipinski definition) is 0. The maximum absolute atomic E-state index is 12.8. The van der Waals surface area contributed by atoms with Gasteiger partial charge in [-0.1, -0.05) is 0 Å². The topological polar surface area (TPSA) is 84.9 Å². The van der Waals surface area contributed by atoms with E-state index in [1.165, 1.54) is 7.11 Å². The second-order valence-corrected chi connectivity index (χ2v) is 9.03. The molecule has 9 heteroatoms. The zero-order chi connectivity index (χ0) is 20.9. The van der Waals surface area contributed by atoms with Crippen LogP contribution in [0.5, 0.6) is 0 Å². The van der Waals surface area contributed by atoms with E-state index in [9.17, 15) is 9.59 Å². The number of aryl methyl sites for hydroxylation is 1. The molecule has 0 N–H and O–H groups in total. The van der Waals surface area contributed by atoms with Crippen molar-refractivity contribution >= 4 is 29.5 Å². The maximum atomic E-state index is 12.8. The number of ether oxygens (including phenoxy) is 2. The predicted octanol–water partition coefficient (Wildman–Crippen LogP) is 3.20. The van der Waals surface area contributed by atoms with Crippen molar-refractivity contribution in [1.82, 2.24) is 14.9 Å². The molecular formula is C19H27ClN4O4. The van der Waals surface area contributed by atoms with Crippen LogP contribution in [0.2, 0.25) is 5.28 Å². The van der Waals surface area contributed by atoms with Crippen LogP contribution in [0.15, 0.2) is 0 Å². The van der Waals surface area contributed by atoms with Crippen molar-refractivity contribution in [2.75, 3.05) is 25.1 Å². The fraction of sp³-hybridized carbons (Fsp3) is 0.684. The van der Waals surface area contributed by atoms with Crippen molar-refractivity contribution < 1.29 is 19.1 Å². The lowest BCUT2D eigenvalue weighted by molar-refractivity contribution is -0.00289. The molecule has 3 rings (SSSR count). The van der Waals surface area contributed by atoms with Gasteiger partial charge in [0, 0.05) is 13.1 Å². The molecule has 2 atom stereocenters. The summed E-state index contributed by atoms with van der Waals surface area (Å²) in [5.74, 6) is -0.0532. The van der Waals surface area contributed by atoms with E-state index in [2.05, 4.69) is 9.97 Å². The lowest BCUT2D eigenvalue weighted by Gasteiger charge is -2.47. The molecule has 0 spiro atoms. The van der Waals surface area contributed by atoms with E-state index in [4.69, 9.17) is 21.1 Å². The third-order valence-corrected chi connectivity index (χ3v) is 5.42. The summed E-state index contributed by atoms with van der Waals surface area (Å²) >= 11 is 6.08. The van der Waals surface area contributed by atoms with Gasteiger partial charge >= 0.3 is 12.1 Å². The molecule has 0 saturated carbocycles. The summed E-state index contributed by atoms with van der Waals surface area (Å²) in [5.41, 5.74) is -0.210. The lowest BCUT2D eigenvalue weighted by Crippen LogP contribution is -2.63. The van der Waals surface area contributed by atoms with Gasteiger partial charge in [-0.15, -0.1) is 0 Å². The molecule has 154 valence electrons.